The van der Waals surface area contributed by atoms with E-state index in [-0.39, 0.29) is 12.1 Å². The van der Waals surface area contributed by atoms with Crippen LogP contribution in [0.15, 0.2) is 59.1 Å². The summed E-state index contributed by atoms with van der Waals surface area (Å²) in [6.45, 7) is 2.96. The molecule has 1 aliphatic rings. The number of furan rings is 1. The SMILES string of the molecule is CCCN1C(=S)NC(c2ccccn2)C1c1ccc(-c2ccc(Cl)cc2Cl)o1. The highest BCUT2D eigenvalue weighted by Crippen LogP contribution is 2.41. The lowest BCUT2D eigenvalue weighted by atomic mass is 10.0. The van der Waals surface area contributed by atoms with Gasteiger partial charge in [-0.2, -0.15) is 0 Å². The second-order valence-electron chi connectivity index (χ2n) is 6.65. The van der Waals surface area contributed by atoms with Crippen LogP contribution in [0.3, 0.4) is 0 Å². The molecule has 4 nitrogen and oxygen atoms in total. The third-order valence-electron chi connectivity index (χ3n) is 4.78. The first-order valence-corrected chi connectivity index (χ1v) is 10.3. The molecule has 1 aromatic carbocycles. The second kappa shape index (κ2) is 8.11. The molecular formula is C21H19Cl2N3OS. The summed E-state index contributed by atoms with van der Waals surface area (Å²) in [4.78, 5) is 6.70. The summed E-state index contributed by atoms with van der Waals surface area (Å²) in [5.74, 6) is 1.52. The van der Waals surface area contributed by atoms with Crippen LogP contribution in [0.5, 0.6) is 0 Å². The second-order valence-corrected chi connectivity index (χ2v) is 7.88. The summed E-state index contributed by atoms with van der Waals surface area (Å²) in [5, 5.41) is 5.27. The van der Waals surface area contributed by atoms with Crippen molar-refractivity contribution in [3.05, 3.63) is 76.2 Å². The van der Waals surface area contributed by atoms with Crippen LogP contribution in [0.25, 0.3) is 11.3 Å². The molecule has 0 radical (unpaired) electrons. The Bertz CT molecular complexity index is 992. The fourth-order valence-electron chi connectivity index (χ4n) is 3.54. The molecule has 144 valence electrons. The van der Waals surface area contributed by atoms with E-state index in [4.69, 9.17) is 39.8 Å². The Morgan fingerprint density at radius 3 is 2.75 bits per heavy atom. The summed E-state index contributed by atoms with van der Waals surface area (Å²) in [5.41, 5.74) is 1.73. The van der Waals surface area contributed by atoms with Gasteiger partial charge in [-0.1, -0.05) is 36.2 Å². The third kappa shape index (κ3) is 3.62. The van der Waals surface area contributed by atoms with Crippen molar-refractivity contribution in [2.75, 3.05) is 6.54 Å². The van der Waals surface area contributed by atoms with Crippen LogP contribution in [-0.4, -0.2) is 21.5 Å². The average Bonchev–Trinajstić information content (AvgIpc) is 3.28. The number of aromatic nitrogens is 1. The lowest BCUT2D eigenvalue weighted by Gasteiger charge is -2.25. The summed E-state index contributed by atoms with van der Waals surface area (Å²) < 4.78 is 6.25. The van der Waals surface area contributed by atoms with Crippen molar-refractivity contribution in [3.8, 4) is 11.3 Å². The number of hydrogen-bond acceptors (Lipinski definition) is 3. The van der Waals surface area contributed by atoms with Crippen LogP contribution in [0.1, 0.15) is 36.9 Å². The van der Waals surface area contributed by atoms with Crippen LogP contribution in [0, 0.1) is 0 Å². The molecule has 4 rings (SSSR count). The van der Waals surface area contributed by atoms with Gasteiger partial charge in [-0.05, 0) is 61.1 Å². The first-order chi connectivity index (χ1) is 13.6. The van der Waals surface area contributed by atoms with Crippen LogP contribution < -0.4 is 5.32 Å². The maximum atomic E-state index is 6.36. The van der Waals surface area contributed by atoms with E-state index in [1.54, 1.807) is 18.3 Å². The fourth-order valence-corrected chi connectivity index (χ4v) is 4.38. The maximum absolute atomic E-state index is 6.36. The Morgan fingerprint density at radius 1 is 1.18 bits per heavy atom. The molecule has 0 spiro atoms. The monoisotopic (exact) mass is 431 g/mol. The normalized spacial score (nSPS) is 19.1. The van der Waals surface area contributed by atoms with E-state index in [9.17, 15) is 0 Å². The average molecular weight is 432 g/mol. The van der Waals surface area contributed by atoms with Crippen molar-refractivity contribution >= 4 is 40.5 Å². The summed E-state index contributed by atoms with van der Waals surface area (Å²) >= 11 is 18.0. The maximum Gasteiger partial charge on any atom is 0.170 e. The molecule has 3 aromatic rings. The van der Waals surface area contributed by atoms with Crippen LogP contribution in [-0.2, 0) is 0 Å². The number of halogens is 2. The highest BCUT2D eigenvalue weighted by Gasteiger charge is 2.41. The number of thiocarbonyl (C=S) groups is 1. The molecule has 2 unspecified atom stereocenters. The van der Waals surface area contributed by atoms with E-state index >= 15 is 0 Å². The molecule has 1 saturated heterocycles. The Kier molecular flexibility index (Phi) is 5.58. The lowest BCUT2D eigenvalue weighted by Crippen LogP contribution is -2.30. The molecule has 7 heteroatoms. The molecule has 1 aliphatic heterocycles. The summed E-state index contributed by atoms with van der Waals surface area (Å²) in [6.07, 6.45) is 2.77. The zero-order chi connectivity index (χ0) is 19.7. The molecule has 1 N–H and O–H groups in total. The first-order valence-electron chi connectivity index (χ1n) is 9.11. The highest BCUT2D eigenvalue weighted by molar-refractivity contribution is 7.80. The molecule has 0 aliphatic carbocycles. The predicted molar refractivity (Wildman–Crippen MR) is 117 cm³/mol. The van der Waals surface area contributed by atoms with Crippen LogP contribution in [0.4, 0.5) is 0 Å². The van der Waals surface area contributed by atoms with Crippen molar-refractivity contribution < 1.29 is 4.42 Å². The van der Waals surface area contributed by atoms with Gasteiger partial charge >= 0.3 is 0 Å². The van der Waals surface area contributed by atoms with E-state index < -0.39 is 0 Å². The van der Waals surface area contributed by atoms with Gasteiger partial charge in [-0.15, -0.1) is 0 Å². The van der Waals surface area contributed by atoms with Gasteiger partial charge in [0.15, 0.2) is 5.11 Å². The molecule has 28 heavy (non-hydrogen) atoms. The van der Waals surface area contributed by atoms with Crippen molar-refractivity contribution in [2.24, 2.45) is 0 Å². The molecule has 1 fully saturated rings. The highest BCUT2D eigenvalue weighted by atomic mass is 35.5. The largest absolute Gasteiger partial charge is 0.459 e. The minimum atomic E-state index is -0.0834. The van der Waals surface area contributed by atoms with Crippen molar-refractivity contribution in [1.82, 2.24) is 15.2 Å². The van der Waals surface area contributed by atoms with Gasteiger partial charge in [0.2, 0.25) is 0 Å². The smallest absolute Gasteiger partial charge is 0.170 e. The van der Waals surface area contributed by atoms with E-state index in [0.717, 1.165) is 30.0 Å². The number of nitrogens with zero attached hydrogens (tertiary/aromatic N) is 2. The molecule has 2 aromatic heterocycles. The summed E-state index contributed by atoms with van der Waals surface area (Å²) in [7, 11) is 0. The van der Waals surface area contributed by atoms with Gasteiger partial charge in [0, 0.05) is 23.3 Å². The molecule has 3 heterocycles. The fraction of sp³-hybridized carbons (Fsp3) is 0.238. The Labute approximate surface area is 179 Å². The number of benzene rings is 1. The molecule has 0 bridgehead atoms. The van der Waals surface area contributed by atoms with E-state index in [0.29, 0.717) is 20.9 Å². The zero-order valence-electron chi connectivity index (χ0n) is 15.2. The Hall–Kier alpha value is -2.08. The number of nitrogens with one attached hydrogen (secondary N) is 1. The topological polar surface area (TPSA) is 41.3 Å². The predicted octanol–water partition coefficient (Wildman–Crippen LogP) is 6.03. The van der Waals surface area contributed by atoms with Gasteiger partial charge in [0.05, 0.1) is 16.8 Å². The van der Waals surface area contributed by atoms with E-state index in [1.165, 1.54) is 0 Å². The lowest BCUT2D eigenvalue weighted by molar-refractivity contribution is 0.275. The first kappa shape index (κ1) is 19.2. The Balaban J connectivity index is 1.73. The van der Waals surface area contributed by atoms with E-state index in [2.05, 4.69) is 22.1 Å². The molecule has 0 saturated carbocycles. The molecule has 0 amide bonds. The van der Waals surface area contributed by atoms with Gasteiger partial charge in [0.25, 0.3) is 0 Å². The van der Waals surface area contributed by atoms with Gasteiger partial charge in [-0.3, -0.25) is 4.98 Å². The van der Waals surface area contributed by atoms with Gasteiger partial charge < -0.3 is 14.6 Å². The van der Waals surface area contributed by atoms with Crippen LogP contribution >= 0.6 is 35.4 Å². The van der Waals surface area contributed by atoms with Crippen LogP contribution in [0.2, 0.25) is 10.0 Å². The number of hydrogen-bond donors (Lipinski definition) is 1. The van der Waals surface area contributed by atoms with Crippen molar-refractivity contribution in [2.45, 2.75) is 25.4 Å². The minimum absolute atomic E-state index is 0.0813. The van der Waals surface area contributed by atoms with Gasteiger partial charge in [-0.25, -0.2) is 0 Å². The zero-order valence-corrected chi connectivity index (χ0v) is 17.6. The number of rotatable bonds is 5. The standard InChI is InChI=1S/C21H19Cl2N3OS/c1-2-11-26-20(19(25-21(26)28)16-5-3-4-10-24-16)18-9-8-17(27-18)14-7-6-13(22)12-15(14)23/h3-10,12,19-20H,2,11H2,1H3,(H,25,28). The minimum Gasteiger partial charge on any atom is -0.459 e. The Morgan fingerprint density at radius 2 is 2.04 bits per heavy atom. The third-order valence-corrected chi connectivity index (χ3v) is 5.68. The summed E-state index contributed by atoms with van der Waals surface area (Å²) in [6, 6.07) is 15.0. The molecule has 2 atom stereocenters. The van der Waals surface area contributed by atoms with E-state index in [1.807, 2.05) is 36.4 Å². The van der Waals surface area contributed by atoms with Gasteiger partial charge in [0.1, 0.15) is 17.6 Å². The van der Waals surface area contributed by atoms with Crippen molar-refractivity contribution in [3.63, 3.8) is 0 Å². The van der Waals surface area contributed by atoms with Crippen molar-refractivity contribution in [1.29, 1.82) is 0 Å². The quantitative estimate of drug-likeness (QED) is 0.499. The number of pyridine rings is 1. The molecular weight excluding hydrogens is 413 g/mol.